The molecule has 0 saturated carbocycles. The zero-order valence-corrected chi connectivity index (χ0v) is 35.8. The van der Waals surface area contributed by atoms with Crippen LogP contribution < -0.4 is 16.1 Å². The summed E-state index contributed by atoms with van der Waals surface area (Å²) < 4.78 is 14.6. The Hall–Kier alpha value is -5.15. The van der Waals surface area contributed by atoms with Crippen LogP contribution >= 0.6 is 0 Å². The number of phenolic OH excluding ortho intramolecular Hbond substituents is 1. The van der Waals surface area contributed by atoms with E-state index in [1.54, 1.807) is 25.4 Å². The molecule has 7 rings (SSSR count). The quantitative estimate of drug-likeness (QED) is 0.171. The molecular formula is C46H59N7O7. The Labute approximate surface area is 352 Å². The highest BCUT2D eigenvalue weighted by Gasteiger charge is 2.42. The van der Waals surface area contributed by atoms with Crippen molar-refractivity contribution in [2.24, 2.45) is 11.3 Å². The van der Waals surface area contributed by atoms with Gasteiger partial charge in [0.2, 0.25) is 11.8 Å². The number of rotatable bonds is 9. The van der Waals surface area contributed by atoms with Gasteiger partial charge in [-0.3, -0.25) is 29.7 Å². The van der Waals surface area contributed by atoms with Crippen molar-refractivity contribution in [2.75, 3.05) is 40.1 Å². The van der Waals surface area contributed by atoms with E-state index in [9.17, 15) is 24.3 Å². The number of fused-ring (bicyclic) bond motifs is 6. The van der Waals surface area contributed by atoms with E-state index in [1.165, 1.54) is 9.91 Å². The molecule has 320 valence electrons. The predicted octanol–water partition coefficient (Wildman–Crippen LogP) is 4.91. The van der Waals surface area contributed by atoms with Crippen molar-refractivity contribution in [1.29, 1.82) is 0 Å². The number of benzene rings is 2. The number of amides is 3. The van der Waals surface area contributed by atoms with E-state index in [-0.39, 0.29) is 49.9 Å². The molecule has 3 amide bonds. The number of nitrogens with zero attached hydrogens (tertiary/aromatic N) is 4. The van der Waals surface area contributed by atoms with Crippen LogP contribution in [-0.2, 0) is 48.0 Å². The van der Waals surface area contributed by atoms with Crippen LogP contribution in [0.1, 0.15) is 77.3 Å². The Bertz CT molecular complexity index is 2270. The van der Waals surface area contributed by atoms with Gasteiger partial charge in [0, 0.05) is 49.3 Å². The molecule has 6 bridgehead atoms. The number of phenols is 1. The maximum atomic E-state index is 14.6. The fourth-order valence-corrected chi connectivity index (χ4v) is 9.20. The SMILES string of the molecule is CCn1c(-c2cccnc2[C@H](C)OC)c2c3cc(ccc31)-c1cc(O)cc(c1)C[C@H](NC(=O)[C@H](C(C)C)N1CNCC1=O)C(=O)N1CCC[C@](C=O)(COCC(C)(C)C2)N1. The number of hydrogen-bond acceptors (Lipinski definition) is 10. The van der Waals surface area contributed by atoms with Gasteiger partial charge in [-0.05, 0) is 103 Å². The fraction of sp³-hybridized carbons (Fsp3) is 0.500. The molecule has 14 nitrogen and oxygen atoms in total. The highest BCUT2D eigenvalue weighted by Crippen LogP contribution is 2.42. The van der Waals surface area contributed by atoms with E-state index in [0.717, 1.165) is 50.8 Å². The Morgan fingerprint density at radius 1 is 1.12 bits per heavy atom. The Kier molecular flexibility index (Phi) is 12.5. The van der Waals surface area contributed by atoms with Gasteiger partial charge in [0.05, 0.1) is 43.9 Å². The number of pyridine rings is 1. The van der Waals surface area contributed by atoms with Gasteiger partial charge in [0.15, 0.2) is 0 Å². The van der Waals surface area contributed by atoms with E-state index in [0.29, 0.717) is 44.5 Å². The lowest BCUT2D eigenvalue weighted by Crippen LogP contribution is -2.66. The van der Waals surface area contributed by atoms with Crippen LogP contribution in [0.5, 0.6) is 5.75 Å². The van der Waals surface area contributed by atoms with Crippen LogP contribution in [0.15, 0.2) is 54.7 Å². The van der Waals surface area contributed by atoms with Crippen LogP contribution in [0.3, 0.4) is 0 Å². The summed E-state index contributed by atoms with van der Waals surface area (Å²) in [6.45, 7) is 13.9. The first-order chi connectivity index (χ1) is 28.7. The number of nitrogens with one attached hydrogen (secondary N) is 3. The van der Waals surface area contributed by atoms with Gasteiger partial charge in [-0.1, -0.05) is 39.8 Å². The van der Waals surface area contributed by atoms with Gasteiger partial charge in [-0.2, -0.15) is 0 Å². The monoisotopic (exact) mass is 821 g/mol. The first-order valence-electron chi connectivity index (χ1n) is 21.1. The molecule has 4 N–H and O–H groups in total. The van der Waals surface area contributed by atoms with Gasteiger partial charge >= 0.3 is 0 Å². The number of carbonyl (C=O) groups is 4. The number of hydrogen-bond donors (Lipinski definition) is 4. The van der Waals surface area contributed by atoms with Crippen LogP contribution in [-0.4, -0.2) is 106 Å². The number of ether oxygens (including phenoxy) is 2. The van der Waals surface area contributed by atoms with Crippen molar-refractivity contribution in [2.45, 2.75) is 97.5 Å². The summed E-state index contributed by atoms with van der Waals surface area (Å²) in [5.41, 5.74) is 8.86. The van der Waals surface area contributed by atoms with E-state index in [4.69, 9.17) is 14.5 Å². The molecular weight excluding hydrogens is 763 g/mol. The molecule has 4 atom stereocenters. The molecule has 0 radical (unpaired) electrons. The molecule has 60 heavy (non-hydrogen) atoms. The van der Waals surface area contributed by atoms with Crippen LogP contribution in [0, 0.1) is 11.3 Å². The molecule has 2 aromatic heterocycles. The van der Waals surface area contributed by atoms with Crippen LogP contribution in [0.2, 0.25) is 0 Å². The topological polar surface area (TPSA) is 167 Å². The van der Waals surface area contributed by atoms with E-state index in [1.807, 2.05) is 39.0 Å². The normalized spacial score (nSPS) is 22.2. The Morgan fingerprint density at radius 3 is 2.62 bits per heavy atom. The molecule has 0 spiro atoms. The molecule has 4 aromatic rings. The van der Waals surface area contributed by atoms with Crippen molar-refractivity contribution < 1.29 is 33.8 Å². The predicted molar refractivity (Wildman–Crippen MR) is 229 cm³/mol. The van der Waals surface area contributed by atoms with E-state index in [2.05, 4.69) is 59.6 Å². The summed E-state index contributed by atoms with van der Waals surface area (Å²) in [7, 11) is 1.68. The van der Waals surface area contributed by atoms with Crippen molar-refractivity contribution in [1.82, 2.24) is 35.5 Å². The summed E-state index contributed by atoms with van der Waals surface area (Å²) in [5, 5.41) is 19.7. The number of hydrazine groups is 1. The molecule has 3 aliphatic heterocycles. The largest absolute Gasteiger partial charge is 0.508 e. The molecule has 2 fully saturated rings. The minimum Gasteiger partial charge on any atom is -0.508 e. The highest BCUT2D eigenvalue weighted by molar-refractivity contribution is 5.96. The van der Waals surface area contributed by atoms with Crippen LogP contribution in [0.25, 0.3) is 33.3 Å². The molecule has 5 heterocycles. The molecule has 0 unspecified atom stereocenters. The number of aryl methyl sites for hydroxylation is 1. The summed E-state index contributed by atoms with van der Waals surface area (Å²) in [5.74, 6) is -1.33. The lowest BCUT2D eigenvalue weighted by molar-refractivity contribution is -0.148. The highest BCUT2D eigenvalue weighted by atomic mass is 16.5. The van der Waals surface area contributed by atoms with Crippen molar-refractivity contribution in [3.8, 4) is 28.1 Å². The third-order valence-corrected chi connectivity index (χ3v) is 12.2. The van der Waals surface area contributed by atoms with E-state index >= 15 is 0 Å². The maximum absolute atomic E-state index is 14.6. The van der Waals surface area contributed by atoms with Gasteiger partial charge < -0.3 is 34.2 Å². The molecule has 2 aromatic carbocycles. The van der Waals surface area contributed by atoms with Crippen molar-refractivity contribution in [3.05, 3.63) is 71.5 Å². The number of aromatic hydroxyl groups is 1. The number of carbonyl (C=O) groups excluding carboxylic acids is 4. The standard InChI is InChI=1S/C46H59N7O7/c1-8-51-38-13-12-31-21-35(38)36(42(51)34-11-9-15-48-40(34)29(4)59-7)22-45(5,6)25-60-26-46(24-54)14-10-16-53(50-46)44(58)37(19-30-17-32(31)20-33(55)18-30)49-43(57)41(28(2)3)52-27-47-23-39(52)56/h9,11-13,15,17-18,20-21,24,28-29,37,41,47,50,55H,8,10,14,16,19,22-23,25-27H2,1-7H3,(H,49,57)/t29-,37-,41-,46-/m0/s1. The molecule has 3 aliphatic rings. The second-order valence-electron chi connectivity index (χ2n) is 17.7. The summed E-state index contributed by atoms with van der Waals surface area (Å²) in [6.07, 6.45) is 3.99. The number of aromatic nitrogens is 2. The lowest BCUT2D eigenvalue weighted by atomic mass is 9.84. The average Bonchev–Trinajstić information content (AvgIpc) is 3.78. The number of aldehydes is 1. The first-order valence-corrected chi connectivity index (χ1v) is 21.1. The Balaban J connectivity index is 1.38. The summed E-state index contributed by atoms with van der Waals surface area (Å²) >= 11 is 0. The second kappa shape index (κ2) is 17.4. The maximum Gasteiger partial charge on any atom is 0.259 e. The minimum atomic E-state index is -1.19. The van der Waals surface area contributed by atoms with Gasteiger partial charge in [-0.15, -0.1) is 0 Å². The third kappa shape index (κ3) is 8.56. The zero-order valence-electron chi connectivity index (χ0n) is 35.8. The van der Waals surface area contributed by atoms with Gasteiger partial charge in [-0.25, -0.2) is 5.43 Å². The number of methoxy groups -OCH3 is 1. The summed E-state index contributed by atoms with van der Waals surface area (Å²) in [6, 6.07) is 13.7. The third-order valence-electron chi connectivity index (χ3n) is 12.2. The van der Waals surface area contributed by atoms with Crippen molar-refractivity contribution in [3.63, 3.8) is 0 Å². The van der Waals surface area contributed by atoms with E-state index < -0.39 is 34.9 Å². The Morgan fingerprint density at radius 2 is 1.92 bits per heavy atom. The van der Waals surface area contributed by atoms with Gasteiger partial charge in [0.1, 0.15) is 29.7 Å². The molecule has 14 heteroatoms. The molecule has 2 saturated heterocycles. The molecule has 0 aliphatic carbocycles. The fourth-order valence-electron chi connectivity index (χ4n) is 9.20. The van der Waals surface area contributed by atoms with Crippen LogP contribution in [0.4, 0.5) is 0 Å². The zero-order chi connectivity index (χ0) is 42.9. The van der Waals surface area contributed by atoms with Crippen molar-refractivity contribution >= 4 is 34.9 Å². The summed E-state index contributed by atoms with van der Waals surface area (Å²) in [4.78, 5) is 60.9. The smallest absolute Gasteiger partial charge is 0.259 e. The second-order valence-corrected chi connectivity index (χ2v) is 17.7. The average molecular weight is 822 g/mol. The van der Waals surface area contributed by atoms with Gasteiger partial charge in [0.25, 0.3) is 5.91 Å². The first kappa shape index (κ1) is 43.0. The minimum absolute atomic E-state index is 0.0123. The lowest BCUT2D eigenvalue weighted by Gasteiger charge is -2.42.